The lowest BCUT2D eigenvalue weighted by molar-refractivity contribution is 0.0952. The lowest BCUT2D eigenvalue weighted by atomic mass is 10.0. The van der Waals surface area contributed by atoms with Crippen LogP contribution in [0, 0.1) is 0 Å². The molecular formula is C22H22N6O3S. The highest BCUT2D eigenvalue weighted by molar-refractivity contribution is 7.09. The molecule has 4 heterocycles. The predicted molar refractivity (Wildman–Crippen MR) is 123 cm³/mol. The third-order valence-corrected chi connectivity index (χ3v) is 5.90. The first kappa shape index (κ1) is 21.6. The summed E-state index contributed by atoms with van der Waals surface area (Å²) in [7, 11) is 0. The zero-order valence-corrected chi connectivity index (χ0v) is 18.7. The van der Waals surface area contributed by atoms with Crippen LogP contribution >= 0.6 is 11.3 Å². The standard InChI is InChI=1S/C22H22N6O3S/c1-4-28-19-18(21(30)27-22(28)31)14(9-15(26-19)12(2)3)20(29)24-10-17-25-16(11-32-17)13-5-7-23-8-6-13/h5-9,11-12H,4,10H2,1-3H3,(H,24,29)(H,27,30,31). The molecule has 0 aliphatic heterocycles. The maximum atomic E-state index is 13.1. The fourth-order valence-electron chi connectivity index (χ4n) is 3.36. The van der Waals surface area contributed by atoms with Crippen LogP contribution < -0.4 is 16.6 Å². The molecule has 10 heteroatoms. The molecule has 2 N–H and O–H groups in total. The minimum Gasteiger partial charge on any atom is -0.345 e. The van der Waals surface area contributed by atoms with Crippen molar-refractivity contribution in [3.05, 3.63) is 73.1 Å². The van der Waals surface area contributed by atoms with Gasteiger partial charge in [-0.3, -0.25) is 24.1 Å². The number of carbonyl (C=O) groups excluding carboxylic acids is 1. The van der Waals surface area contributed by atoms with Crippen LogP contribution in [0.5, 0.6) is 0 Å². The Morgan fingerprint density at radius 1 is 1.22 bits per heavy atom. The van der Waals surface area contributed by atoms with E-state index in [0.717, 1.165) is 16.3 Å². The van der Waals surface area contributed by atoms with Gasteiger partial charge < -0.3 is 5.32 Å². The summed E-state index contributed by atoms with van der Waals surface area (Å²) in [6.45, 7) is 6.19. The summed E-state index contributed by atoms with van der Waals surface area (Å²) in [5.74, 6) is -0.417. The van der Waals surface area contributed by atoms with Crippen molar-refractivity contribution in [1.29, 1.82) is 0 Å². The van der Waals surface area contributed by atoms with Gasteiger partial charge in [0.15, 0.2) is 5.65 Å². The van der Waals surface area contributed by atoms with Gasteiger partial charge in [0.1, 0.15) is 5.01 Å². The summed E-state index contributed by atoms with van der Waals surface area (Å²) < 4.78 is 1.36. The summed E-state index contributed by atoms with van der Waals surface area (Å²) in [4.78, 5) is 53.3. The molecule has 4 aromatic heterocycles. The molecule has 0 unspecified atom stereocenters. The largest absolute Gasteiger partial charge is 0.345 e. The average molecular weight is 451 g/mol. The summed E-state index contributed by atoms with van der Waals surface area (Å²) >= 11 is 1.43. The zero-order valence-electron chi connectivity index (χ0n) is 17.9. The lowest BCUT2D eigenvalue weighted by Crippen LogP contribution is -2.33. The molecule has 0 aliphatic carbocycles. The number of nitrogens with zero attached hydrogens (tertiary/aromatic N) is 4. The maximum absolute atomic E-state index is 13.1. The number of hydrogen-bond acceptors (Lipinski definition) is 7. The van der Waals surface area contributed by atoms with Gasteiger partial charge >= 0.3 is 5.69 Å². The Bertz CT molecular complexity index is 1400. The van der Waals surface area contributed by atoms with E-state index in [1.54, 1.807) is 25.4 Å². The Morgan fingerprint density at radius 3 is 2.66 bits per heavy atom. The van der Waals surface area contributed by atoms with E-state index in [-0.39, 0.29) is 29.1 Å². The molecule has 0 saturated carbocycles. The molecule has 32 heavy (non-hydrogen) atoms. The third-order valence-electron chi connectivity index (χ3n) is 5.05. The molecule has 0 atom stereocenters. The number of hydrogen-bond donors (Lipinski definition) is 2. The fourth-order valence-corrected chi connectivity index (χ4v) is 4.10. The maximum Gasteiger partial charge on any atom is 0.329 e. The van der Waals surface area contributed by atoms with Crippen LogP contribution in [0.25, 0.3) is 22.3 Å². The van der Waals surface area contributed by atoms with Crippen molar-refractivity contribution in [2.24, 2.45) is 0 Å². The molecule has 0 fully saturated rings. The highest BCUT2D eigenvalue weighted by Crippen LogP contribution is 2.22. The molecule has 4 rings (SSSR count). The normalized spacial score (nSPS) is 11.2. The van der Waals surface area contributed by atoms with Crippen LogP contribution in [0.3, 0.4) is 0 Å². The Morgan fingerprint density at radius 2 is 1.97 bits per heavy atom. The predicted octanol–water partition coefficient (Wildman–Crippen LogP) is 2.68. The first-order valence-corrected chi connectivity index (χ1v) is 11.1. The van der Waals surface area contributed by atoms with E-state index in [1.807, 2.05) is 31.4 Å². The SMILES string of the molecule is CCn1c(=O)[nH]c(=O)c2c(C(=O)NCc3nc(-c4ccncc4)cs3)cc(C(C)C)nc21. The van der Waals surface area contributed by atoms with Crippen molar-refractivity contribution in [2.75, 3.05) is 0 Å². The molecule has 1 amide bonds. The van der Waals surface area contributed by atoms with E-state index in [1.165, 1.54) is 15.9 Å². The van der Waals surface area contributed by atoms with E-state index in [0.29, 0.717) is 12.2 Å². The molecule has 0 radical (unpaired) electrons. The Kier molecular flexibility index (Phi) is 5.95. The van der Waals surface area contributed by atoms with Gasteiger partial charge in [-0.15, -0.1) is 11.3 Å². The number of fused-ring (bicyclic) bond motifs is 1. The molecular weight excluding hydrogens is 428 g/mol. The van der Waals surface area contributed by atoms with Gasteiger partial charge in [0.05, 0.1) is 23.2 Å². The van der Waals surface area contributed by atoms with Crippen LogP contribution in [0.4, 0.5) is 0 Å². The van der Waals surface area contributed by atoms with Gasteiger partial charge in [-0.05, 0) is 31.0 Å². The first-order valence-electron chi connectivity index (χ1n) is 10.2. The second-order valence-corrected chi connectivity index (χ2v) is 8.44. The molecule has 0 spiro atoms. The summed E-state index contributed by atoms with van der Waals surface area (Å²) in [6, 6.07) is 5.35. The number of H-pyrrole nitrogens is 1. The average Bonchev–Trinajstić information content (AvgIpc) is 3.26. The van der Waals surface area contributed by atoms with E-state index in [2.05, 4.69) is 25.3 Å². The molecule has 0 aromatic carbocycles. The summed E-state index contributed by atoms with van der Waals surface area (Å²) in [6.07, 6.45) is 3.40. The summed E-state index contributed by atoms with van der Waals surface area (Å²) in [5.41, 5.74) is 1.61. The second kappa shape index (κ2) is 8.83. The van der Waals surface area contributed by atoms with Crippen LogP contribution in [0.2, 0.25) is 0 Å². The van der Waals surface area contributed by atoms with Crippen molar-refractivity contribution in [2.45, 2.75) is 39.8 Å². The van der Waals surface area contributed by atoms with Crippen molar-refractivity contribution in [1.82, 2.24) is 29.8 Å². The Labute approximate surface area is 187 Å². The van der Waals surface area contributed by atoms with Crippen LogP contribution in [-0.2, 0) is 13.1 Å². The van der Waals surface area contributed by atoms with Crippen LogP contribution in [0.15, 0.2) is 45.6 Å². The number of carbonyl (C=O) groups is 1. The Hall–Kier alpha value is -3.66. The second-order valence-electron chi connectivity index (χ2n) is 7.50. The van der Waals surface area contributed by atoms with Crippen molar-refractivity contribution in [3.63, 3.8) is 0 Å². The van der Waals surface area contributed by atoms with Crippen LogP contribution in [0.1, 0.15) is 47.7 Å². The number of aromatic amines is 1. The van der Waals surface area contributed by atoms with Gasteiger partial charge in [-0.25, -0.2) is 14.8 Å². The number of amides is 1. The van der Waals surface area contributed by atoms with Gasteiger partial charge in [0.25, 0.3) is 11.5 Å². The first-order chi connectivity index (χ1) is 15.4. The smallest absolute Gasteiger partial charge is 0.329 e. The number of rotatable bonds is 6. The number of aryl methyl sites for hydroxylation is 1. The molecule has 9 nitrogen and oxygen atoms in total. The summed E-state index contributed by atoms with van der Waals surface area (Å²) in [5, 5.41) is 5.59. The lowest BCUT2D eigenvalue weighted by Gasteiger charge is -2.13. The fraction of sp³-hybridized carbons (Fsp3) is 0.273. The molecule has 0 aliphatic rings. The van der Waals surface area contributed by atoms with Gasteiger partial charge in [0, 0.05) is 35.6 Å². The van der Waals surface area contributed by atoms with Gasteiger partial charge in [-0.2, -0.15) is 0 Å². The topological polar surface area (TPSA) is 123 Å². The van der Waals surface area contributed by atoms with Gasteiger partial charge in [-0.1, -0.05) is 13.8 Å². The third kappa shape index (κ3) is 4.09. The highest BCUT2D eigenvalue weighted by Gasteiger charge is 2.20. The van der Waals surface area contributed by atoms with E-state index < -0.39 is 17.2 Å². The number of thiazole rings is 1. The minimum atomic E-state index is -0.628. The molecule has 4 aromatic rings. The molecule has 0 saturated heterocycles. The van der Waals surface area contributed by atoms with Crippen LogP contribution in [-0.4, -0.2) is 30.4 Å². The number of pyridine rings is 2. The Balaban J connectivity index is 1.68. The van der Waals surface area contributed by atoms with Crippen molar-refractivity contribution < 1.29 is 4.79 Å². The number of nitrogens with one attached hydrogen (secondary N) is 2. The zero-order chi connectivity index (χ0) is 22.8. The number of aromatic nitrogens is 5. The van der Waals surface area contributed by atoms with Gasteiger partial charge in [0.2, 0.25) is 0 Å². The van der Waals surface area contributed by atoms with Crippen molar-refractivity contribution >= 4 is 28.3 Å². The minimum absolute atomic E-state index is 0.00697. The molecule has 0 bridgehead atoms. The van der Waals surface area contributed by atoms with E-state index >= 15 is 0 Å². The monoisotopic (exact) mass is 450 g/mol. The quantitative estimate of drug-likeness (QED) is 0.466. The highest BCUT2D eigenvalue weighted by atomic mass is 32.1. The van der Waals surface area contributed by atoms with E-state index in [4.69, 9.17) is 0 Å². The van der Waals surface area contributed by atoms with E-state index in [9.17, 15) is 14.4 Å². The van der Waals surface area contributed by atoms with Crippen molar-refractivity contribution in [3.8, 4) is 11.3 Å². The molecule has 164 valence electrons.